The molecule has 83 heavy (non-hydrogen) atoms. The zero-order valence-electron chi connectivity index (χ0n) is 45.3. The molecule has 8 aromatic rings. The standard InChI is InChI=1S/C68H62O15/c69-63(52-33-17-5-18-34-52)77-47-68(62(82-66(72)55-39-23-8-24-40-55)59(80-65(71)54-37-21-7-22-38-54)57(46-78-68)79-64(70)53-35-19-6-20-36-53)83-67-61(76-44-51-31-15-4-16-32-51)60(75-43-50-29-13-3-14-30-50)58(81-67)56(74-42-49-27-11-2-12-28-49)45-73-41-48-25-9-1-10-26-48/h1-40,56-62,67H,41-47H2/t56-,57-,58-,59-,60+,61-,62+,67+,68+/m1/s1. The van der Waals surface area contributed by atoms with Crippen LogP contribution >= 0.6 is 0 Å². The van der Waals surface area contributed by atoms with Crippen molar-refractivity contribution in [2.45, 2.75) is 81.2 Å². The summed E-state index contributed by atoms with van der Waals surface area (Å²) in [6.45, 7) is -0.919. The first-order valence-electron chi connectivity index (χ1n) is 27.3. The summed E-state index contributed by atoms with van der Waals surface area (Å²) in [7, 11) is 0. The number of ether oxygens (including phenoxy) is 11. The third-order valence-electron chi connectivity index (χ3n) is 13.9. The quantitative estimate of drug-likeness (QED) is 0.0391. The number of carbonyl (C=O) groups excluding carboxylic acids is 4. The third-order valence-corrected chi connectivity index (χ3v) is 13.9. The Morgan fingerprint density at radius 2 is 0.831 bits per heavy atom. The van der Waals surface area contributed by atoms with Crippen molar-refractivity contribution in [2.75, 3.05) is 19.8 Å². The molecule has 0 spiro atoms. The summed E-state index contributed by atoms with van der Waals surface area (Å²) in [5.74, 6) is -5.89. The lowest BCUT2D eigenvalue weighted by molar-refractivity contribution is -0.388. The molecule has 2 fully saturated rings. The Kier molecular flexibility index (Phi) is 20.0. The molecule has 2 aliphatic rings. The minimum absolute atomic E-state index is 0.00463. The maximum absolute atomic E-state index is 14.8. The molecule has 0 saturated carbocycles. The maximum atomic E-state index is 14.8. The van der Waals surface area contributed by atoms with Gasteiger partial charge in [-0.2, -0.15) is 0 Å². The Balaban J connectivity index is 1.10. The predicted octanol–water partition coefficient (Wildman–Crippen LogP) is 11.0. The second-order valence-corrected chi connectivity index (χ2v) is 19.7. The van der Waals surface area contributed by atoms with Crippen LogP contribution in [0.3, 0.4) is 0 Å². The van der Waals surface area contributed by atoms with Gasteiger partial charge < -0.3 is 52.1 Å². The van der Waals surface area contributed by atoms with Gasteiger partial charge in [0, 0.05) is 0 Å². The summed E-state index contributed by atoms with van der Waals surface area (Å²) in [5, 5.41) is 0. The molecular formula is C68H62O15. The molecule has 9 atom stereocenters. The number of hydrogen-bond acceptors (Lipinski definition) is 15. The monoisotopic (exact) mass is 1120 g/mol. The van der Waals surface area contributed by atoms with E-state index in [0.717, 1.165) is 22.3 Å². The van der Waals surface area contributed by atoms with Crippen LogP contribution in [-0.4, -0.2) is 98.5 Å². The molecule has 10 rings (SSSR count). The van der Waals surface area contributed by atoms with Crippen LogP contribution in [0.4, 0.5) is 0 Å². The van der Waals surface area contributed by atoms with E-state index < -0.39 is 91.9 Å². The molecule has 15 heteroatoms. The topological polar surface area (TPSA) is 170 Å². The maximum Gasteiger partial charge on any atom is 0.338 e. The lowest BCUT2D eigenvalue weighted by atomic mass is 9.95. The van der Waals surface area contributed by atoms with Gasteiger partial charge in [-0.05, 0) is 70.8 Å². The van der Waals surface area contributed by atoms with E-state index in [0.29, 0.717) is 0 Å². The fourth-order valence-electron chi connectivity index (χ4n) is 9.65. The molecule has 0 amide bonds. The van der Waals surface area contributed by atoms with Gasteiger partial charge in [-0.1, -0.05) is 194 Å². The Morgan fingerprint density at radius 1 is 0.434 bits per heavy atom. The molecule has 0 aliphatic carbocycles. The van der Waals surface area contributed by atoms with Crippen molar-refractivity contribution in [2.24, 2.45) is 0 Å². The number of benzene rings is 8. The summed E-state index contributed by atoms with van der Waals surface area (Å²) in [6, 6.07) is 71.0. The van der Waals surface area contributed by atoms with E-state index in [1.54, 1.807) is 109 Å². The van der Waals surface area contributed by atoms with Gasteiger partial charge in [-0.25, -0.2) is 19.2 Å². The van der Waals surface area contributed by atoms with Crippen LogP contribution in [0.15, 0.2) is 243 Å². The minimum Gasteiger partial charge on any atom is -0.456 e. The number of hydrogen-bond donors (Lipinski definition) is 0. The number of carbonyl (C=O) groups is 4. The molecule has 0 bridgehead atoms. The molecule has 15 nitrogen and oxygen atoms in total. The predicted molar refractivity (Wildman–Crippen MR) is 303 cm³/mol. The number of rotatable bonds is 25. The summed E-state index contributed by atoms with van der Waals surface area (Å²) >= 11 is 0. The highest BCUT2D eigenvalue weighted by Gasteiger charge is 2.62. The summed E-state index contributed by atoms with van der Waals surface area (Å²) in [6.07, 6.45) is -10.8. The van der Waals surface area contributed by atoms with Gasteiger partial charge in [-0.3, -0.25) is 0 Å². The van der Waals surface area contributed by atoms with Gasteiger partial charge in [0.2, 0.25) is 5.79 Å². The van der Waals surface area contributed by atoms with Gasteiger partial charge in [0.15, 0.2) is 24.6 Å². The van der Waals surface area contributed by atoms with E-state index in [2.05, 4.69) is 0 Å². The summed E-state index contributed by atoms with van der Waals surface area (Å²) < 4.78 is 73.9. The normalized spacial score (nSPS) is 21.5. The first kappa shape index (κ1) is 57.6. The highest BCUT2D eigenvalue weighted by atomic mass is 16.8. The van der Waals surface area contributed by atoms with Crippen LogP contribution in [-0.2, 0) is 78.5 Å². The van der Waals surface area contributed by atoms with Crippen LogP contribution < -0.4 is 0 Å². The van der Waals surface area contributed by atoms with Crippen molar-refractivity contribution in [1.82, 2.24) is 0 Å². The van der Waals surface area contributed by atoms with Crippen LogP contribution in [0.25, 0.3) is 0 Å². The fourth-order valence-corrected chi connectivity index (χ4v) is 9.65. The van der Waals surface area contributed by atoms with E-state index in [9.17, 15) is 19.2 Å². The third kappa shape index (κ3) is 15.5. The van der Waals surface area contributed by atoms with Crippen molar-refractivity contribution >= 4 is 23.9 Å². The molecule has 2 saturated heterocycles. The highest BCUT2D eigenvalue weighted by Crippen LogP contribution is 2.41. The van der Waals surface area contributed by atoms with Gasteiger partial charge in [-0.15, -0.1) is 0 Å². The highest BCUT2D eigenvalue weighted by molar-refractivity contribution is 5.91. The zero-order valence-corrected chi connectivity index (χ0v) is 45.3. The van der Waals surface area contributed by atoms with Crippen molar-refractivity contribution in [1.29, 1.82) is 0 Å². The number of esters is 4. The van der Waals surface area contributed by atoms with Crippen LogP contribution in [0.1, 0.15) is 63.7 Å². The molecule has 424 valence electrons. The van der Waals surface area contributed by atoms with E-state index in [1.165, 1.54) is 12.1 Å². The Labute approximate surface area is 481 Å². The Morgan fingerprint density at radius 3 is 1.31 bits per heavy atom. The SMILES string of the molecule is O=C(OC[C@@]1(O[C@@H]2O[C@H]([C@@H](COCc3ccccc3)OCc3ccccc3)[C@H](OCc3ccccc3)[C@H]2OCc2ccccc2)OC[C@@H](OC(=O)c2ccccc2)[C@@H](OC(=O)c2ccccc2)[C@@H]1OC(=O)c1ccccc1)c1ccccc1. The van der Waals surface area contributed by atoms with Gasteiger partial charge >= 0.3 is 23.9 Å². The van der Waals surface area contributed by atoms with Crippen LogP contribution in [0.2, 0.25) is 0 Å². The molecule has 8 aromatic carbocycles. The van der Waals surface area contributed by atoms with Crippen molar-refractivity contribution in [3.05, 3.63) is 287 Å². The molecule has 2 heterocycles. The molecule has 0 unspecified atom stereocenters. The van der Waals surface area contributed by atoms with Crippen molar-refractivity contribution in [3.63, 3.8) is 0 Å². The van der Waals surface area contributed by atoms with Crippen LogP contribution in [0.5, 0.6) is 0 Å². The Hall–Kier alpha value is -8.64. The summed E-state index contributed by atoms with van der Waals surface area (Å²) in [4.78, 5) is 57.7. The second-order valence-electron chi connectivity index (χ2n) is 19.7. The van der Waals surface area contributed by atoms with E-state index in [1.807, 2.05) is 121 Å². The Bertz CT molecular complexity index is 3270. The van der Waals surface area contributed by atoms with E-state index in [4.69, 9.17) is 52.1 Å². The van der Waals surface area contributed by atoms with E-state index >= 15 is 0 Å². The minimum atomic E-state index is -2.48. The van der Waals surface area contributed by atoms with E-state index in [-0.39, 0.29) is 55.3 Å². The smallest absolute Gasteiger partial charge is 0.338 e. The first-order valence-corrected chi connectivity index (χ1v) is 27.3. The average Bonchev–Trinajstić information content (AvgIpc) is 3.98. The van der Waals surface area contributed by atoms with Crippen LogP contribution in [0, 0.1) is 0 Å². The zero-order chi connectivity index (χ0) is 57.1. The average molecular weight is 1120 g/mol. The molecule has 2 aliphatic heterocycles. The van der Waals surface area contributed by atoms with Gasteiger partial charge in [0.05, 0.1) is 61.9 Å². The van der Waals surface area contributed by atoms with Crippen molar-refractivity contribution < 1.29 is 71.3 Å². The largest absolute Gasteiger partial charge is 0.456 e. The van der Waals surface area contributed by atoms with Crippen molar-refractivity contribution in [3.8, 4) is 0 Å². The lowest BCUT2D eigenvalue weighted by Gasteiger charge is -2.48. The molecular weight excluding hydrogens is 1060 g/mol. The molecule has 0 radical (unpaired) electrons. The molecule has 0 aromatic heterocycles. The summed E-state index contributed by atoms with van der Waals surface area (Å²) in [5.41, 5.74) is 3.99. The lowest BCUT2D eigenvalue weighted by Crippen LogP contribution is -2.68. The molecule has 0 N–H and O–H groups in total. The van der Waals surface area contributed by atoms with Gasteiger partial charge in [0.25, 0.3) is 0 Å². The van der Waals surface area contributed by atoms with Gasteiger partial charge in [0.1, 0.15) is 31.0 Å². The second kappa shape index (κ2) is 28.9. The first-order chi connectivity index (χ1) is 40.8. The fraction of sp³-hybridized carbons (Fsp3) is 0.235.